The Morgan fingerprint density at radius 1 is 1.11 bits per heavy atom. The number of para-hydroxylation sites is 1. The Kier molecular flexibility index (Phi) is 2.79. The Bertz CT molecular complexity index is 726. The Hall–Kier alpha value is -1.87. The van der Waals surface area contributed by atoms with Crippen LogP contribution in [0, 0.1) is 0 Å². The molecule has 0 radical (unpaired) electrons. The molecular weight excluding hydrogens is 236 g/mol. The van der Waals surface area contributed by atoms with Gasteiger partial charge in [0.2, 0.25) is 0 Å². The third-order valence-electron chi connectivity index (χ3n) is 4.04. The van der Waals surface area contributed by atoms with Crippen LogP contribution in [-0.2, 0) is 5.60 Å². The van der Waals surface area contributed by atoms with Gasteiger partial charge in [0.25, 0.3) is 0 Å². The van der Waals surface area contributed by atoms with Gasteiger partial charge >= 0.3 is 0 Å². The summed E-state index contributed by atoms with van der Waals surface area (Å²) < 4.78 is 0. The van der Waals surface area contributed by atoms with Crippen LogP contribution >= 0.6 is 0 Å². The van der Waals surface area contributed by atoms with Crippen molar-refractivity contribution in [3.05, 3.63) is 42.2 Å². The van der Waals surface area contributed by atoms with E-state index < -0.39 is 5.60 Å². The van der Waals surface area contributed by atoms with Crippen molar-refractivity contribution in [2.75, 3.05) is 0 Å². The zero-order valence-corrected chi connectivity index (χ0v) is 11.3. The van der Waals surface area contributed by atoms with Gasteiger partial charge in [-0.2, -0.15) is 0 Å². The second-order valence-corrected chi connectivity index (χ2v) is 5.02. The van der Waals surface area contributed by atoms with Crippen LogP contribution in [-0.4, -0.2) is 15.1 Å². The lowest BCUT2D eigenvalue weighted by molar-refractivity contribution is 0.0242. The molecule has 19 heavy (non-hydrogen) atoms. The molecular formula is C16H18N2O. The van der Waals surface area contributed by atoms with Crippen LogP contribution < -0.4 is 0 Å². The van der Waals surface area contributed by atoms with Gasteiger partial charge in [0.05, 0.1) is 17.4 Å². The molecule has 3 nitrogen and oxygen atoms in total. The number of fused-ring (bicyclic) bond motifs is 3. The molecule has 0 fully saturated rings. The quantitative estimate of drug-likeness (QED) is 0.748. The number of aromatic amines is 1. The predicted octanol–water partition coefficient (Wildman–Crippen LogP) is 3.72. The van der Waals surface area contributed by atoms with E-state index in [2.05, 4.69) is 22.1 Å². The summed E-state index contributed by atoms with van der Waals surface area (Å²) in [6.45, 7) is 3.98. The Balaban J connectivity index is 2.27. The standard InChI is InChI=1S/C16H18N2O/c1-3-16(19,4-2)15-9-12-11-7-5-6-8-13(11)18-14(12)10-17-15/h5-10,18-19H,3-4H2,1-2H3. The summed E-state index contributed by atoms with van der Waals surface area (Å²) in [6.07, 6.45) is 3.16. The normalized spacial score (nSPS) is 12.4. The molecule has 0 unspecified atom stereocenters. The van der Waals surface area contributed by atoms with Crippen molar-refractivity contribution in [1.82, 2.24) is 9.97 Å². The molecule has 0 spiro atoms. The van der Waals surface area contributed by atoms with E-state index in [9.17, 15) is 5.11 Å². The SMILES string of the molecule is CCC(O)(CC)c1cc2c(cn1)[nH]c1ccccc12. The third-order valence-corrected chi connectivity index (χ3v) is 4.04. The minimum atomic E-state index is -0.827. The second-order valence-electron chi connectivity index (χ2n) is 5.02. The Morgan fingerprint density at radius 2 is 1.84 bits per heavy atom. The van der Waals surface area contributed by atoms with Crippen LogP contribution in [0.25, 0.3) is 21.8 Å². The summed E-state index contributed by atoms with van der Waals surface area (Å²) in [5.41, 5.74) is 2.05. The molecule has 3 aromatic rings. The number of nitrogens with zero attached hydrogens (tertiary/aromatic N) is 1. The van der Waals surface area contributed by atoms with Gasteiger partial charge in [-0.25, -0.2) is 0 Å². The van der Waals surface area contributed by atoms with Gasteiger partial charge in [0.15, 0.2) is 0 Å². The van der Waals surface area contributed by atoms with E-state index in [-0.39, 0.29) is 0 Å². The zero-order chi connectivity index (χ0) is 13.5. The first-order valence-corrected chi connectivity index (χ1v) is 6.77. The van der Waals surface area contributed by atoms with Crippen molar-refractivity contribution in [2.45, 2.75) is 32.3 Å². The monoisotopic (exact) mass is 254 g/mol. The maximum atomic E-state index is 10.6. The highest BCUT2D eigenvalue weighted by Gasteiger charge is 2.26. The number of rotatable bonds is 3. The number of pyridine rings is 1. The van der Waals surface area contributed by atoms with Crippen LogP contribution in [0.3, 0.4) is 0 Å². The first-order valence-electron chi connectivity index (χ1n) is 6.77. The molecule has 0 atom stereocenters. The molecule has 0 aliphatic heterocycles. The smallest absolute Gasteiger partial charge is 0.106 e. The summed E-state index contributed by atoms with van der Waals surface area (Å²) in [7, 11) is 0. The maximum absolute atomic E-state index is 10.6. The van der Waals surface area contributed by atoms with Crippen molar-refractivity contribution in [3.63, 3.8) is 0 Å². The largest absolute Gasteiger partial charge is 0.384 e. The lowest BCUT2D eigenvalue weighted by atomic mass is 9.92. The summed E-state index contributed by atoms with van der Waals surface area (Å²) in [5, 5.41) is 12.9. The van der Waals surface area contributed by atoms with E-state index in [0.717, 1.165) is 22.1 Å². The molecule has 98 valence electrons. The van der Waals surface area contributed by atoms with E-state index in [1.54, 1.807) is 0 Å². The van der Waals surface area contributed by atoms with Gasteiger partial charge in [-0.15, -0.1) is 0 Å². The number of nitrogens with one attached hydrogen (secondary N) is 1. The van der Waals surface area contributed by atoms with Crippen LogP contribution in [0.15, 0.2) is 36.5 Å². The fraction of sp³-hybridized carbons (Fsp3) is 0.312. The van der Waals surface area contributed by atoms with Crippen LogP contribution in [0.2, 0.25) is 0 Å². The second kappa shape index (κ2) is 4.35. The minimum absolute atomic E-state index is 0.671. The number of aliphatic hydroxyl groups is 1. The number of benzene rings is 1. The summed E-state index contributed by atoms with van der Waals surface area (Å²) in [5.74, 6) is 0. The van der Waals surface area contributed by atoms with Crippen molar-refractivity contribution >= 4 is 21.8 Å². The summed E-state index contributed by atoms with van der Waals surface area (Å²) in [4.78, 5) is 7.78. The summed E-state index contributed by atoms with van der Waals surface area (Å²) >= 11 is 0. The van der Waals surface area contributed by atoms with Crippen molar-refractivity contribution in [2.24, 2.45) is 0 Å². The molecule has 3 rings (SSSR count). The average molecular weight is 254 g/mol. The van der Waals surface area contributed by atoms with Gasteiger partial charge in [0.1, 0.15) is 5.60 Å². The van der Waals surface area contributed by atoms with Crippen LogP contribution in [0.5, 0.6) is 0 Å². The number of aromatic nitrogens is 2. The van der Waals surface area contributed by atoms with Crippen molar-refractivity contribution in [3.8, 4) is 0 Å². The molecule has 0 saturated carbocycles. The topological polar surface area (TPSA) is 48.9 Å². The lowest BCUT2D eigenvalue weighted by Gasteiger charge is -2.24. The summed E-state index contributed by atoms with van der Waals surface area (Å²) in [6, 6.07) is 10.2. The van der Waals surface area contributed by atoms with E-state index >= 15 is 0 Å². The lowest BCUT2D eigenvalue weighted by Crippen LogP contribution is -2.24. The number of hydrogen-bond donors (Lipinski definition) is 2. The number of hydrogen-bond acceptors (Lipinski definition) is 2. The molecule has 3 heteroatoms. The molecule has 2 heterocycles. The highest BCUT2D eigenvalue weighted by atomic mass is 16.3. The highest BCUT2D eigenvalue weighted by Crippen LogP contribution is 2.31. The van der Waals surface area contributed by atoms with Gasteiger partial charge in [-0.1, -0.05) is 32.0 Å². The fourth-order valence-corrected chi connectivity index (χ4v) is 2.62. The molecule has 1 aromatic carbocycles. The average Bonchev–Trinajstić information content (AvgIpc) is 2.84. The highest BCUT2D eigenvalue weighted by molar-refractivity contribution is 6.06. The maximum Gasteiger partial charge on any atom is 0.106 e. The van der Waals surface area contributed by atoms with Gasteiger partial charge < -0.3 is 10.1 Å². The van der Waals surface area contributed by atoms with Crippen molar-refractivity contribution in [1.29, 1.82) is 0 Å². The van der Waals surface area contributed by atoms with Crippen molar-refractivity contribution < 1.29 is 5.11 Å². The van der Waals surface area contributed by atoms with E-state index in [4.69, 9.17) is 0 Å². The molecule has 2 aromatic heterocycles. The zero-order valence-electron chi connectivity index (χ0n) is 11.3. The van der Waals surface area contributed by atoms with Gasteiger partial charge in [-0.05, 0) is 25.0 Å². The Labute approximate surface area is 112 Å². The van der Waals surface area contributed by atoms with E-state index in [1.807, 2.05) is 38.2 Å². The predicted molar refractivity (Wildman–Crippen MR) is 78.1 cm³/mol. The molecule has 0 aliphatic rings. The Morgan fingerprint density at radius 3 is 2.58 bits per heavy atom. The molecule has 0 bridgehead atoms. The molecule has 0 aliphatic carbocycles. The minimum Gasteiger partial charge on any atom is -0.384 e. The van der Waals surface area contributed by atoms with E-state index in [0.29, 0.717) is 12.8 Å². The fourth-order valence-electron chi connectivity index (χ4n) is 2.62. The third kappa shape index (κ3) is 1.81. The van der Waals surface area contributed by atoms with Gasteiger partial charge in [0, 0.05) is 16.3 Å². The molecule has 2 N–H and O–H groups in total. The van der Waals surface area contributed by atoms with Gasteiger partial charge in [-0.3, -0.25) is 4.98 Å². The first-order chi connectivity index (χ1) is 9.18. The first kappa shape index (κ1) is 12.2. The molecule has 0 saturated heterocycles. The van der Waals surface area contributed by atoms with Crippen LogP contribution in [0.1, 0.15) is 32.4 Å². The van der Waals surface area contributed by atoms with Crippen LogP contribution in [0.4, 0.5) is 0 Å². The number of H-pyrrole nitrogens is 1. The van der Waals surface area contributed by atoms with E-state index in [1.165, 1.54) is 5.39 Å². The molecule has 0 amide bonds.